The lowest BCUT2D eigenvalue weighted by atomic mass is 10.0. The van der Waals surface area contributed by atoms with Gasteiger partial charge in [0.2, 0.25) is 0 Å². The van der Waals surface area contributed by atoms with Crippen molar-refractivity contribution in [3.63, 3.8) is 0 Å². The van der Waals surface area contributed by atoms with E-state index in [4.69, 9.17) is 4.74 Å². The average molecular weight is 358 g/mol. The summed E-state index contributed by atoms with van der Waals surface area (Å²) >= 11 is 0. The van der Waals surface area contributed by atoms with Gasteiger partial charge in [0.25, 0.3) is 0 Å². The summed E-state index contributed by atoms with van der Waals surface area (Å²) in [6.45, 7) is 10.4. The molecular weight excluding hydrogens is 326 g/mol. The smallest absolute Gasteiger partial charge is 0.191 e. The Morgan fingerprint density at radius 3 is 2.58 bits per heavy atom. The van der Waals surface area contributed by atoms with Crippen molar-refractivity contribution in [3.8, 4) is 5.75 Å². The number of hydrogen-bond acceptors (Lipinski definition) is 3. The van der Waals surface area contributed by atoms with Crippen molar-refractivity contribution in [2.45, 2.75) is 40.2 Å². The van der Waals surface area contributed by atoms with Gasteiger partial charge in [0.1, 0.15) is 12.4 Å². The third kappa shape index (κ3) is 5.00. The molecule has 26 heavy (non-hydrogen) atoms. The van der Waals surface area contributed by atoms with E-state index in [9.17, 15) is 0 Å². The van der Waals surface area contributed by atoms with Crippen LogP contribution in [0.4, 0.5) is 0 Å². The molecule has 142 valence electrons. The zero-order valence-electron chi connectivity index (χ0n) is 16.8. The normalized spacial score (nSPS) is 11.7. The number of rotatable bonds is 7. The first-order chi connectivity index (χ1) is 12.4. The van der Waals surface area contributed by atoms with E-state index >= 15 is 0 Å². The molecule has 2 rings (SSSR count). The maximum Gasteiger partial charge on any atom is 0.191 e. The first-order valence-electron chi connectivity index (χ1n) is 9.09. The third-order valence-corrected chi connectivity index (χ3v) is 4.51. The lowest BCUT2D eigenvalue weighted by molar-refractivity contribution is 0.317. The summed E-state index contributed by atoms with van der Waals surface area (Å²) in [6, 6.07) is 8.20. The minimum atomic E-state index is 0.444. The van der Waals surface area contributed by atoms with Gasteiger partial charge in [0.15, 0.2) is 5.96 Å². The summed E-state index contributed by atoms with van der Waals surface area (Å²) in [5.74, 6) is 2.15. The van der Waals surface area contributed by atoms with Crippen LogP contribution in [0.5, 0.6) is 5.75 Å². The summed E-state index contributed by atoms with van der Waals surface area (Å²) in [4.78, 5) is 4.27. The van der Waals surface area contributed by atoms with E-state index in [-0.39, 0.29) is 0 Å². The van der Waals surface area contributed by atoms with Crippen molar-refractivity contribution < 1.29 is 4.74 Å². The van der Waals surface area contributed by atoms with E-state index in [1.807, 2.05) is 30.8 Å². The molecule has 0 bridgehead atoms. The molecule has 0 amide bonds. The van der Waals surface area contributed by atoms with Gasteiger partial charge >= 0.3 is 0 Å². The first-order valence-corrected chi connectivity index (χ1v) is 9.09. The van der Waals surface area contributed by atoms with E-state index in [0.29, 0.717) is 25.6 Å². The molecule has 2 N–H and O–H groups in total. The number of benzene rings is 1. The number of para-hydroxylation sites is 1. The highest BCUT2D eigenvalue weighted by Gasteiger charge is 2.10. The highest BCUT2D eigenvalue weighted by Crippen LogP contribution is 2.25. The second-order valence-electron chi connectivity index (χ2n) is 6.67. The van der Waals surface area contributed by atoms with Gasteiger partial charge < -0.3 is 15.4 Å². The topological polar surface area (TPSA) is 63.5 Å². The van der Waals surface area contributed by atoms with Crippen LogP contribution in [0.25, 0.3) is 0 Å². The van der Waals surface area contributed by atoms with Crippen LogP contribution in [0.3, 0.4) is 0 Å². The summed E-state index contributed by atoms with van der Waals surface area (Å²) in [5, 5.41) is 11.1. The molecule has 1 aromatic heterocycles. The standard InChI is InChI=1S/C20H31N5O/c1-14(2)17-9-7-8-10-19(17)26-12-11-22-20(21-5)23-13-18-15(3)24-25(6)16(18)4/h7-10,14H,11-13H2,1-6H3,(H2,21,22,23). The molecule has 0 atom stereocenters. The number of guanidine groups is 1. The van der Waals surface area contributed by atoms with Gasteiger partial charge in [-0.2, -0.15) is 5.10 Å². The highest BCUT2D eigenvalue weighted by molar-refractivity contribution is 5.79. The van der Waals surface area contributed by atoms with Crippen molar-refractivity contribution >= 4 is 5.96 Å². The second-order valence-corrected chi connectivity index (χ2v) is 6.67. The highest BCUT2D eigenvalue weighted by atomic mass is 16.5. The second kappa shape index (κ2) is 9.27. The fraction of sp³-hybridized carbons (Fsp3) is 0.500. The fourth-order valence-corrected chi connectivity index (χ4v) is 2.89. The van der Waals surface area contributed by atoms with Crippen LogP contribution in [-0.4, -0.2) is 35.9 Å². The zero-order valence-corrected chi connectivity index (χ0v) is 16.8. The van der Waals surface area contributed by atoms with Gasteiger partial charge in [0, 0.05) is 31.9 Å². The van der Waals surface area contributed by atoms with Crippen molar-refractivity contribution in [3.05, 3.63) is 46.8 Å². The number of hydrogen-bond donors (Lipinski definition) is 2. The van der Waals surface area contributed by atoms with Crippen LogP contribution in [-0.2, 0) is 13.6 Å². The maximum absolute atomic E-state index is 5.94. The summed E-state index contributed by atoms with van der Waals surface area (Å²) in [7, 11) is 3.73. The van der Waals surface area contributed by atoms with Gasteiger partial charge in [-0.15, -0.1) is 0 Å². The van der Waals surface area contributed by atoms with Crippen molar-refractivity contribution in [1.82, 2.24) is 20.4 Å². The largest absolute Gasteiger partial charge is 0.491 e. The number of aromatic nitrogens is 2. The van der Waals surface area contributed by atoms with E-state index in [1.165, 1.54) is 16.8 Å². The van der Waals surface area contributed by atoms with E-state index < -0.39 is 0 Å². The minimum Gasteiger partial charge on any atom is -0.491 e. The Hall–Kier alpha value is -2.50. The number of nitrogens with one attached hydrogen (secondary N) is 2. The Balaban J connectivity index is 1.81. The molecule has 0 aliphatic carbocycles. The summed E-state index contributed by atoms with van der Waals surface area (Å²) in [5.41, 5.74) is 4.65. The molecular formula is C20H31N5O. The SMILES string of the molecule is CN=C(NCCOc1ccccc1C(C)C)NCc1c(C)nn(C)c1C. The third-order valence-electron chi connectivity index (χ3n) is 4.51. The van der Waals surface area contributed by atoms with Gasteiger partial charge in [-0.1, -0.05) is 32.0 Å². The summed E-state index contributed by atoms with van der Waals surface area (Å²) < 4.78 is 7.84. The van der Waals surface area contributed by atoms with Gasteiger partial charge in [-0.3, -0.25) is 9.67 Å². The van der Waals surface area contributed by atoms with Crippen molar-refractivity contribution in [2.75, 3.05) is 20.2 Å². The molecule has 6 nitrogen and oxygen atoms in total. The predicted molar refractivity (Wildman–Crippen MR) is 107 cm³/mol. The number of nitrogens with zero attached hydrogens (tertiary/aromatic N) is 3. The average Bonchev–Trinajstić information content (AvgIpc) is 2.86. The molecule has 0 saturated carbocycles. The number of aryl methyl sites for hydroxylation is 2. The minimum absolute atomic E-state index is 0.444. The zero-order chi connectivity index (χ0) is 19.1. The van der Waals surface area contributed by atoms with Crippen molar-refractivity contribution in [2.24, 2.45) is 12.0 Å². The number of aliphatic imine (C=N–C) groups is 1. The fourth-order valence-electron chi connectivity index (χ4n) is 2.89. The molecule has 0 saturated heterocycles. The first kappa shape index (κ1) is 19.8. The molecule has 0 spiro atoms. The Morgan fingerprint density at radius 1 is 1.23 bits per heavy atom. The molecule has 6 heteroatoms. The quantitative estimate of drug-likeness (QED) is 0.454. The van der Waals surface area contributed by atoms with Crippen LogP contribution >= 0.6 is 0 Å². The van der Waals surface area contributed by atoms with E-state index in [2.05, 4.69) is 53.6 Å². The lowest BCUT2D eigenvalue weighted by Crippen LogP contribution is -2.39. The molecule has 0 aliphatic heterocycles. The van der Waals surface area contributed by atoms with E-state index in [0.717, 1.165) is 17.4 Å². The van der Waals surface area contributed by atoms with Gasteiger partial charge in [-0.05, 0) is 31.4 Å². The van der Waals surface area contributed by atoms with Crippen LogP contribution in [0.1, 0.15) is 42.3 Å². The number of ether oxygens (including phenoxy) is 1. The monoisotopic (exact) mass is 357 g/mol. The van der Waals surface area contributed by atoms with Crippen LogP contribution in [0, 0.1) is 13.8 Å². The van der Waals surface area contributed by atoms with Gasteiger partial charge in [-0.25, -0.2) is 0 Å². The molecule has 0 unspecified atom stereocenters. The lowest BCUT2D eigenvalue weighted by Gasteiger charge is -2.15. The summed E-state index contributed by atoms with van der Waals surface area (Å²) in [6.07, 6.45) is 0. The maximum atomic E-state index is 5.94. The molecule has 0 fully saturated rings. The molecule has 0 aliphatic rings. The Labute approximate surface area is 156 Å². The molecule has 1 heterocycles. The Morgan fingerprint density at radius 2 is 1.96 bits per heavy atom. The Kier molecular flexibility index (Phi) is 7.06. The van der Waals surface area contributed by atoms with Crippen LogP contribution in [0.15, 0.2) is 29.3 Å². The molecule has 2 aromatic rings. The van der Waals surface area contributed by atoms with Crippen molar-refractivity contribution in [1.29, 1.82) is 0 Å². The van der Waals surface area contributed by atoms with Crippen LogP contribution < -0.4 is 15.4 Å². The van der Waals surface area contributed by atoms with Crippen LogP contribution in [0.2, 0.25) is 0 Å². The molecule has 0 radical (unpaired) electrons. The van der Waals surface area contributed by atoms with E-state index in [1.54, 1.807) is 7.05 Å². The molecule has 1 aromatic carbocycles. The predicted octanol–water partition coefficient (Wildman–Crippen LogP) is 2.90. The Bertz CT molecular complexity index is 749. The van der Waals surface area contributed by atoms with Gasteiger partial charge in [0.05, 0.1) is 12.2 Å².